The Labute approximate surface area is 110 Å². The van der Waals surface area contributed by atoms with Crippen molar-refractivity contribution >= 4 is 15.9 Å². The molecule has 1 atom stereocenters. The van der Waals surface area contributed by atoms with Crippen LogP contribution in [0, 0.1) is 0 Å². The fraction of sp³-hybridized carbons (Fsp3) is 0.538. The molecule has 94 valence electrons. The van der Waals surface area contributed by atoms with E-state index in [1.807, 2.05) is 24.3 Å². The maximum absolute atomic E-state index is 10.0. The van der Waals surface area contributed by atoms with Crippen LogP contribution < -0.4 is 0 Å². The van der Waals surface area contributed by atoms with Crippen molar-refractivity contribution in [2.24, 2.45) is 0 Å². The highest BCUT2D eigenvalue weighted by Gasteiger charge is 2.16. The summed E-state index contributed by atoms with van der Waals surface area (Å²) in [6.45, 7) is 1.53. The van der Waals surface area contributed by atoms with Gasteiger partial charge >= 0.3 is 0 Å². The summed E-state index contributed by atoms with van der Waals surface area (Å²) in [7, 11) is 0. The molecule has 4 heteroatoms. The predicted molar refractivity (Wildman–Crippen MR) is 68.6 cm³/mol. The molecule has 1 fully saturated rings. The molecule has 2 rings (SSSR count). The first-order valence-electron chi connectivity index (χ1n) is 5.92. The van der Waals surface area contributed by atoms with Crippen LogP contribution in [0.25, 0.3) is 0 Å². The molecule has 1 aliphatic rings. The van der Waals surface area contributed by atoms with Crippen LogP contribution in [0.2, 0.25) is 0 Å². The molecule has 17 heavy (non-hydrogen) atoms. The maximum Gasteiger partial charge on any atom is 0.157 e. The van der Waals surface area contributed by atoms with Crippen LogP contribution >= 0.6 is 15.9 Å². The van der Waals surface area contributed by atoms with Crippen molar-refractivity contribution in [2.45, 2.75) is 31.7 Å². The minimum Gasteiger partial charge on any atom is -0.388 e. The molecule has 0 aliphatic carbocycles. The van der Waals surface area contributed by atoms with E-state index in [0.29, 0.717) is 6.42 Å². The highest BCUT2D eigenvalue weighted by Crippen LogP contribution is 2.22. The number of benzene rings is 1. The summed E-state index contributed by atoms with van der Waals surface area (Å²) >= 11 is 3.37. The maximum atomic E-state index is 10.0. The smallest absolute Gasteiger partial charge is 0.157 e. The van der Waals surface area contributed by atoms with Crippen molar-refractivity contribution in [1.29, 1.82) is 0 Å². The van der Waals surface area contributed by atoms with Gasteiger partial charge in [-0.1, -0.05) is 28.1 Å². The van der Waals surface area contributed by atoms with E-state index >= 15 is 0 Å². The molecule has 1 heterocycles. The molecular formula is C13H17BrO3. The van der Waals surface area contributed by atoms with Crippen LogP contribution in [0.5, 0.6) is 0 Å². The lowest BCUT2D eigenvalue weighted by atomic mass is 10.0. The molecular weight excluding hydrogens is 284 g/mol. The van der Waals surface area contributed by atoms with Crippen molar-refractivity contribution in [3.8, 4) is 0 Å². The molecule has 1 aromatic rings. The first-order valence-corrected chi connectivity index (χ1v) is 6.72. The lowest BCUT2D eigenvalue weighted by Gasteiger charge is -2.24. The highest BCUT2D eigenvalue weighted by molar-refractivity contribution is 9.10. The Morgan fingerprint density at radius 3 is 2.53 bits per heavy atom. The van der Waals surface area contributed by atoms with E-state index in [1.54, 1.807) is 0 Å². The van der Waals surface area contributed by atoms with E-state index in [2.05, 4.69) is 15.9 Å². The molecule has 3 nitrogen and oxygen atoms in total. The first kappa shape index (κ1) is 13.0. The zero-order chi connectivity index (χ0) is 12.1. The number of rotatable bonds is 4. The third kappa shape index (κ3) is 4.07. The van der Waals surface area contributed by atoms with Gasteiger partial charge in [-0.25, -0.2) is 0 Å². The monoisotopic (exact) mass is 300 g/mol. The molecule has 1 N–H and O–H groups in total. The quantitative estimate of drug-likeness (QED) is 0.929. The average molecular weight is 301 g/mol. The van der Waals surface area contributed by atoms with Gasteiger partial charge in [0.1, 0.15) is 0 Å². The second-order valence-corrected chi connectivity index (χ2v) is 5.09. The molecule has 1 unspecified atom stereocenters. The zero-order valence-electron chi connectivity index (χ0n) is 9.64. The molecule has 1 aromatic carbocycles. The average Bonchev–Trinajstić information content (AvgIpc) is 2.38. The summed E-state index contributed by atoms with van der Waals surface area (Å²) in [5.41, 5.74) is 0.934. The van der Waals surface area contributed by atoms with Gasteiger partial charge in [-0.2, -0.15) is 0 Å². The van der Waals surface area contributed by atoms with Crippen LogP contribution in [-0.4, -0.2) is 24.6 Å². The zero-order valence-corrected chi connectivity index (χ0v) is 11.2. The summed E-state index contributed by atoms with van der Waals surface area (Å²) in [5.74, 6) is 0. The number of aliphatic hydroxyl groups is 1. The van der Waals surface area contributed by atoms with Crippen LogP contribution in [0.3, 0.4) is 0 Å². The van der Waals surface area contributed by atoms with Crippen molar-refractivity contribution in [3.63, 3.8) is 0 Å². The Balaban J connectivity index is 1.80. The van der Waals surface area contributed by atoms with Gasteiger partial charge in [0, 0.05) is 10.9 Å². The van der Waals surface area contributed by atoms with Crippen LogP contribution in [-0.2, 0) is 9.47 Å². The van der Waals surface area contributed by atoms with Crippen molar-refractivity contribution in [3.05, 3.63) is 34.3 Å². The van der Waals surface area contributed by atoms with Gasteiger partial charge in [0.2, 0.25) is 0 Å². The third-order valence-electron chi connectivity index (χ3n) is 2.83. The second-order valence-electron chi connectivity index (χ2n) is 4.17. The molecule has 0 amide bonds. The predicted octanol–water partition coefficient (Wildman–Crippen LogP) is 3.03. The number of hydrogen-bond donors (Lipinski definition) is 1. The van der Waals surface area contributed by atoms with Gasteiger partial charge in [0.15, 0.2) is 6.29 Å². The fourth-order valence-electron chi connectivity index (χ4n) is 1.85. The molecule has 0 saturated carbocycles. The number of aliphatic hydroxyl groups excluding tert-OH is 1. The minimum atomic E-state index is -0.447. The Hall–Kier alpha value is -0.420. The standard InChI is InChI=1S/C13H17BrO3/c14-11-4-2-10(3-5-11)12(15)6-7-13-16-8-1-9-17-13/h2-5,12-13,15H,1,6-9H2. The Kier molecular flexibility index (Phi) is 4.98. The van der Waals surface area contributed by atoms with E-state index in [0.717, 1.165) is 36.1 Å². The van der Waals surface area contributed by atoms with Gasteiger partial charge in [-0.15, -0.1) is 0 Å². The van der Waals surface area contributed by atoms with E-state index < -0.39 is 6.10 Å². The molecule has 0 aromatic heterocycles. The third-order valence-corrected chi connectivity index (χ3v) is 3.36. The highest BCUT2D eigenvalue weighted by atomic mass is 79.9. The van der Waals surface area contributed by atoms with E-state index in [4.69, 9.17) is 9.47 Å². The summed E-state index contributed by atoms with van der Waals surface area (Å²) < 4.78 is 11.9. The topological polar surface area (TPSA) is 38.7 Å². The van der Waals surface area contributed by atoms with Gasteiger partial charge in [0.25, 0.3) is 0 Å². The van der Waals surface area contributed by atoms with Gasteiger partial charge < -0.3 is 14.6 Å². The number of hydrogen-bond acceptors (Lipinski definition) is 3. The summed E-state index contributed by atoms with van der Waals surface area (Å²) in [5, 5.41) is 10.0. The summed E-state index contributed by atoms with van der Waals surface area (Å²) in [6.07, 6.45) is 1.76. The second kappa shape index (κ2) is 6.50. The largest absolute Gasteiger partial charge is 0.388 e. The van der Waals surface area contributed by atoms with Crippen LogP contribution in [0.15, 0.2) is 28.7 Å². The Morgan fingerprint density at radius 2 is 1.88 bits per heavy atom. The molecule has 0 bridgehead atoms. The summed E-state index contributed by atoms with van der Waals surface area (Å²) in [4.78, 5) is 0. The minimum absolute atomic E-state index is 0.145. The van der Waals surface area contributed by atoms with Crippen molar-refractivity contribution < 1.29 is 14.6 Å². The van der Waals surface area contributed by atoms with Crippen LogP contribution in [0.1, 0.15) is 30.9 Å². The van der Waals surface area contributed by atoms with E-state index in [9.17, 15) is 5.11 Å². The first-order chi connectivity index (χ1) is 8.25. The SMILES string of the molecule is OC(CCC1OCCCO1)c1ccc(Br)cc1. The molecule has 1 aliphatic heterocycles. The normalized spacial score (nSPS) is 19.2. The lowest BCUT2D eigenvalue weighted by Crippen LogP contribution is -2.25. The molecule has 0 spiro atoms. The Morgan fingerprint density at radius 1 is 1.24 bits per heavy atom. The van der Waals surface area contributed by atoms with Crippen molar-refractivity contribution in [2.75, 3.05) is 13.2 Å². The molecule has 0 radical (unpaired) electrons. The van der Waals surface area contributed by atoms with Gasteiger partial charge in [-0.05, 0) is 30.5 Å². The Bertz CT molecular complexity index is 333. The number of halogens is 1. The lowest BCUT2D eigenvalue weighted by molar-refractivity contribution is -0.183. The van der Waals surface area contributed by atoms with Crippen LogP contribution in [0.4, 0.5) is 0 Å². The van der Waals surface area contributed by atoms with Gasteiger partial charge in [-0.3, -0.25) is 0 Å². The fourth-order valence-corrected chi connectivity index (χ4v) is 2.11. The van der Waals surface area contributed by atoms with Crippen molar-refractivity contribution in [1.82, 2.24) is 0 Å². The van der Waals surface area contributed by atoms with E-state index in [-0.39, 0.29) is 6.29 Å². The summed E-state index contributed by atoms with van der Waals surface area (Å²) in [6, 6.07) is 7.73. The molecule has 1 saturated heterocycles. The van der Waals surface area contributed by atoms with E-state index in [1.165, 1.54) is 0 Å². The van der Waals surface area contributed by atoms with Gasteiger partial charge in [0.05, 0.1) is 19.3 Å². The number of ether oxygens (including phenoxy) is 2.